The minimum Gasteiger partial charge on any atom is -0.331 e. The summed E-state index contributed by atoms with van der Waals surface area (Å²) in [5.41, 5.74) is 0.322. The molecule has 1 aromatic carbocycles. The second-order valence-electron chi connectivity index (χ2n) is 6.54. The molecular weight excluding hydrogens is 370 g/mol. The maximum atomic E-state index is 13.5. The van der Waals surface area contributed by atoms with Crippen LogP contribution in [0, 0.1) is 5.82 Å². The van der Waals surface area contributed by atoms with E-state index in [0.717, 1.165) is 0 Å². The summed E-state index contributed by atoms with van der Waals surface area (Å²) in [6.45, 7) is 4.88. The molecule has 0 radical (unpaired) electrons. The lowest BCUT2D eigenvalue weighted by atomic mass is 9.99. The fourth-order valence-electron chi connectivity index (χ4n) is 3.43. The number of fused-ring (bicyclic) bond motifs is 1. The van der Waals surface area contributed by atoms with Crippen molar-refractivity contribution in [3.63, 3.8) is 0 Å². The third-order valence-electron chi connectivity index (χ3n) is 4.56. The number of piperidine rings is 1. The molecular formula is C16H19Cl2FN4O2. The van der Waals surface area contributed by atoms with Crippen LogP contribution in [-0.2, 0) is 0 Å². The number of carbonyl (C=O) groups is 2. The summed E-state index contributed by atoms with van der Waals surface area (Å²) in [6.07, 6.45) is 0.694. The fourth-order valence-corrected chi connectivity index (χ4v) is 3.92. The van der Waals surface area contributed by atoms with Gasteiger partial charge >= 0.3 is 12.1 Å². The monoisotopic (exact) mass is 388 g/mol. The van der Waals surface area contributed by atoms with Gasteiger partial charge in [-0.15, -0.1) is 0 Å². The molecule has 0 aliphatic carbocycles. The van der Waals surface area contributed by atoms with Gasteiger partial charge in [-0.05, 0) is 32.4 Å². The molecule has 2 saturated heterocycles. The number of hydrogen-bond donors (Lipinski definition) is 2. The minimum absolute atomic E-state index is 0.0891. The first kappa shape index (κ1) is 18.1. The van der Waals surface area contributed by atoms with Crippen LogP contribution in [0.5, 0.6) is 0 Å². The van der Waals surface area contributed by atoms with Gasteiger partial charge in [0.15, 0.2) is 5.82 Å². The lowest BCUT2D eigenvalue weighted by molar-refractivity contribution is 0.138. The van der Waals surface area contributed by atoms with Gasteiger partial charge in [-0.2, -0.15) is 0 Å². The van der Waals surface area contributed by atoms with Crippen LogP contribution in [0.1, 0.15) is 20.3 Å². The van der Waals surface area contributed by atoms with E-state index in [1.54, 1.807) is 4.90 Å². The Bertz CT molecular complexity index is 692. The lowest BCUT2D eigenvalue weighted by Gasteiger charge is -2.37. The molecule has 2 aliphatic heterocycles. The first-order valence-corrected chi connectivity index (χ1v) is 8.83. The topological polar surface area (TPSA) is 64.7 Å². The number of rotatable bonds is 2. The average Bonchev–Trinajstić information content (AvgIpc) is 2.87. The first-order chi connectivity index (χ1) is 11.8. The van der Waals surface area contributed by atoms with Crippen LogP contribution in [-0.4, -0.2) is 53.1 Å². The molecule has 0 saturated carbocycles. The molecule has 3 rings (SSSR count). The fraction of sp³-hybridized carbons (Fsp3) is 0.500. The third kappa shape index (κ3) is 3.48. The number of benzene rings is 1. The number of hydrogen-bond acceptors (Lipinski definition) is 2. The van der Waals surface area contributed by atoms with E-state index in [9.17, 15) is 14.0 Å². The van der Waals surface area contributed by atoms with Gasteiger partial charge in [-0.1, -0.05) is 23.2 Å². The number of urea groups is 2. The van der Waals surface area contributed by atoms with Crippen molar-refractivity contribution >= 4 is 41.0 Å². The van der Waals surface area contributed by atoms with Crippen LogP contribution < -0.4 is 10.6 Å². The molecule has 2 aliphatic rings. The molecule has 0 bridgehead atoms. The molecule has 4 amide bonds. The second kappa shape index (κ2) is 6.88. The van der Waals surface area contributed by atoms with Gasteiger partial charge in [0.2, 0.25) is 0 Å². The smallest absolute Gasteiger partial charge is 0.321 e. The molecule has 1 aromatic rings. The van der Waals surface area contributed by atoms with Gasteiger partial charge in [0.1, 0.15) is 0 Å². The summed E-state index contributed by atoms with van der Waals surface area (Å²) < 4.78 is 13.5. The largest absolute Gasteiger partial charge is 0.331 e. The van der Waals surface area contributed by atoms with Crippen LogP contribution in [0.15, 0.2) is 12.1 Å². The van der Waals surface area contributed by atoms with E-state index in [0.29, 0.717) is 25.2 Å². The van der Waals surface area contributed by atoms with E-state index in [2.05, 4.69) is 10.6 Å². The highest BCUT2D eigenvalue weighted by Gasteiger charge is 2.44. The first-order valence-electron chi connectivity index (χ1n) is 8.07. The summed E-state index contributed by atoms with van der Waals surface area (Å²) in [5.74, 6) is -0.718. The maximum Gasteiger partial charge on any atom is 0.321 e. The predicted molar refractivity (Wildman–Crippen MR) is 94.7 cm³/mol. The average molecular weight is 389 g/mol. The van der Waals surface area contributed by atoms with Crippen molar-refractivity contribution in [3.05, 3.63) is 28.0 Å². The summed E-state index contributed by atoms with van der Waals surface area (Å²) in [4.78, 5) is 28.0. The number of nitrogens with zero attached hydrogens (tertiary/aromatic N) is 2. The minimum atomic E-state index is -0.718. The Morgan fingerprint density at radius 3 is 2.60 bits per heavy atom. The molecule has 2 fully saturated rings. The Morgan fingerprint density at radius 1 is 1.36 bits per heavy atom. The van der Waals surface area contributed by atoms with E-state index in [1.165, 1.54) is 12.1 Å². The number of halogens is 3. The number of anilines is 1. The van der Waals surface area contributed by atoms with Crippen molar-refractivity contribution < 1.29 is 14.0 Å². The Morgan fingerprint density at radius 2 is 2.00 bits per heavy atom. The van der Waals surface area contributed by atoms with Gasteiger partial charge in [0, 0.05) is 24.8 Å². The summed E-state index contributed by atoms with van der Waals surface area (Å²) in [7, 11) is 0. The highest BCUT2D eigenvalue weighted by Crippen LogP contribution is 2.28. The molecule has 0 aromatic heterocycles. The number of amides is 4. The molecule has 136 valence electrons. The molecule has 9 heteroatoms. The lowest BCUT2D eigenvalue weighted by Crippen LogP contribution is -2.54. The standard InChI is InChI=1S/C16H19Cl2FN4O2/c1-8(2)23-13-3-4-22(7-12(13)21-16(23)25)15(24)20-9-5-10(17)14(19)11(18)6-9/h5-6,8,12-13H,3-4,7H2,1-2H3,(H,20,24)(H,21,25)/t12-,13+/m1/s1. The van der Waals surface area contributed by atoms with E-state index in [-0.39, 0.29) is 40.2 Å². The third-order valence-corrected chi connectivity index (χ3v) is 5.11. The predicted octanol–water partition coefficient (Wildman–Crippen LogP) is 3.54. The zero-order chi connectivity index (χ0) is 18.3. The van der Waals surface area contributed by atoms with Gasteiger partial charge in [0.05, 0.1) is 22.1 Å². The number of likely N-dealkylation sites (tertiary alicyclic amines) is 1. The van der Waals surface area contributed by atoms with Crippen molar-refractivity contribution in [2.75, 3.05) is 18.4 Å². The van der Waals surface area contributed by atoms with Gasteiger partial charge in [0.25, 0.3) is 0 Å². The Balaban J connectivity index is 1.67. The van der Waals surface area contributed by atoms with Crippen LogP contribution >= 0.6 is 23.2 Å². The highest BCUT2D eigenvalue weighted by atomic mass is 35.5. The van der Waals surface area contributed by atoms with Crippen LogP contribution in [0.4, 0.5) is 19.7 Å². The van der Waals surface area contributed by atoms with Crippen molar-refractivity contribution in [3.8, 4) is 0 Å². The van der Waals surface area contributed by atoms with Gasteiger partial charge < -0.3 is 20.4 Å². The molecule has 25 heavy (non-hydrogen) atoms. The van der Waals surface area contributed by atoms with Crippen LogP contribution in [0.25, 0.3) is 0 Å². The van der Waals surface area contributed by atoms with Crippen molar-refractivity contribution in [2.24, 2.45) is 0 Å². The Hall–Kier alpha value is -1.73. The van der Waals surface area contributed by atoms with Gasteiger partial charge in [-0.25, -0.2) is 14.0 Å². The SMILES string of the molecule is CC(C)N1C(=O)N[C@@H]2CN(C(=O)Nc3cc(Cl)c(F)c(Cl)c3)CC[C@@H]21. The van der Waals surface area contributed by atoms with Crippen molar-refractivity contribution in [1.82, 2.24) is 15.1 Å². The molecule has 0 unspecified atom stereocenters. The van der Waals surface area contributed by atoms with Crippen LogP contribution in [0.3, 0.4) is 0 Å². The molecule has 6 nitrogen and oxygen atoms in total. The zero-order valence-corrected chi connectivity index (χ0v) is 15.4. The van der Waals surface area contributed by atoms with Gasteiger partial charge in [-0.3, -0.25) is 0 Å². The van der Waals surface area contributed by atoms with Crippen molar-refractivity contribution in [1.29, 1.82) is 0 Å². The van der Waals surface area contributed by atoms with Crippen molar-refractivity contribution in [2.45, 2.75) is 38.4 Å². The summed E-state index contributed by atoms with van der Waals surface area (Å²) in [6, 6.07) is 2.29. The molecule has 2 atom stereocenters. The summed E-state index contributed by atoms with van der Waals surface area (Å²) in [5, 5.41) is 5.30. The van der Waals surface area contributed by atoms with Crippen LogP contribution in [0.2, 0.25) is 10.0 Å². The Kier molecular flexibility index (Phi) is 4.97. The molecule has 0 spiro atoms. The number of carbonyl (C=O) groups excluding carboxylic acids is 2. The normalized spacial score (nSPS) is 22.9. The van der Waals surface area contributed by atoms with E-state index in [1.807, 2.05) is 18.7 Å². The second-order valence-corrected chi connectivity index (χ2v) is 7.36. The van der Waals surface area contributed by atoms with E-state index >= 15 is 0 Å². The molecule has 2 heterocycles. The zero-order valence-electron chi connectivity index (χ0n) is 13.9. The van der Waals surface area contributed by atoms with E-state index in [4.69, 9.17) is 23.2 Å². The quantitative estimate of drug-likeness (QED) is 0.760. The maximum absolute atomic E-state index is 13.5. The molecule has 2 N–H and O–H groups in total. The summed E-state index contributed by atoms with van der Waals surface area (Å²) >= 11 is 11.5. The highest BCUT2D eigenvalue weighted by molar-refractivity contribution is 6.35. The van der Waals surface area contributed by atoms with E-state index < -0.39 is 5.82 Å². The Labute approximate surface area is 155 Å². The number of nitrogens with one attached hydrogen (secondary N) is 2.